The first-order chi connectivity index (χ1) is 23.2. The largest absolute Gasteiger partial charge is 0.335 e. The highest BCUT2D eigenvalue weighted by atomic mass is 32.1. The van der Waals surface area contributed by atoms with E-state index in [0.29, 0.717) is 30.7 Å². The van der Waals surface area contributed by atoms with Gasteiger partial charge in [0.1, 0.15) is 16.5 Å². The molecular weight excluding hydrogens is 620 g/mol. The molecule has 0 saturated carbocycles. The van der Waals surface area contributed by atoms with Crippen LogP contribution in [0, 0.1) is 17.1 Å². The molecule has 242 valence electrons. The minimum atomic E-state index is -0.619. The Morgan fingerprint density at radius 2 is 1.40 bits per heavy atom. The summed E-state index contributed by atoms with van der Waals surface area (Å²) >= 11 is 1.03. The van der Waals surface area contributed by atoms with Crippen molar-refractivity contribution in [2.75, 3.05) is 26.2 Å². The maximum absolute atomic E-state index is 15.2. The van der Waals surface area contributed by atoms with E-state index in [9.17, 15) is 14.9 Å². The zero-order valence-corrected chi connectivity index (χ0v) is 28.1. The van der Waals surface area contributed by atoms with Gasteiger partial charge in [0.15, 0.2) is 5.57 Å². The third kappa shape index (κ3) is 6.79. The van der Waals surface area contributed by atoms with Crippen molar-refractivity contribution in [3.63, 3.8) is 0 Å². The van der Waals surface area contributed by atoms with Gasteiger partial charge in [0, 0.05) is 26.2 Å². The summed E-state index contributed by atoms with van der Waals surface area (Å²) in [6.45, 7) is 8.37. The fraction of sp³-hybridized carbons (Fsp3) is 0.225. The van der Waals surface area contributed by atoms with Crippen LogP contribution in [0.4, 0.5) is 4.39 Å². The van der Waals surface area contributed by atoms with Crippen LogP contribution < -0.4 is 14.8 Å². The monoisotopic (exact) mass is 656 g/mol. The van der Waals surface area contributed by atoms with Crippen LogP contribution in [0.3, 0.4) is 0 Å². The van der Waals surface area contributed by atoms with Crippen molar-refractivity contribution < 1.29 is 9.18 Å². The minimum absolute atomic E-state index is 0.00425. The number of nitrogens with zero attached hydrogens (tertiary/aromatic N) is 4. The SMILES string of the molecule is CC(C)(C)c1ccc(/C=c2/s/c(=C(\C#N)C(=O)N3CCN(C(c4ccccc4)c4ccccc4)CC3)n(-c3ccccc3F)c2=O)cc1. The van der Waals surface area contributed by atoms with Gasteiger partial charge in [0.25, 0.3) is 11.5 Å². The second-order valence-corrected chi connectivity index (χ2v) is 13.9. The molecule has 0 atom stereocenters. The fourth-order valence-corrected chi connectivity index (χ4v) is 7.24. The molecule has 0 unspecified atom stereocenters. The van der Waals surface area contributed by atoms with Crippen molar-refractivity contribution in [3.05, 3.63) is 157 Å². The highest BCUT2D eigenvalue weighted by Gasteiger charge is 2.30. The van der Waals surface area contributed by atoms with Gasteiger partial charge in [-0.05, 0) is 45.9 Å². The summed E-state index contributed by atoms with van der Waals surface area (Å²) in [5.41, 5.74) is 3.57. The molecule has 1 aliphatic rings. The third-order valence-corrected chi connectivity index (χ3v) is 9.82. The second kappa shape index (κ2) is 13.9. The quantitative estimate of drug-likeness (QED) is 0.233. The fourth-order valence-electron chi connectivity index (χ4n) is 6.15. The van der Waals surface area contributed by atoms with Crippen LogP contribution in [0.5, 0.6) is 0 Å². The van der Waals surface area contributed by atoms with Crippen LogP contribution in [0.25, 0.3) is 17.3 Å². The van der Waals surface area contributed by atoms with E-state index in [1.54, 1.807) is 17.0 Å². The van der Waals surface area contributed by atoms with E-state index in [1.165, 1.54) is 22.8 Å². The van der Waals surface area contributed by atoms with Crippen molar-refractivity contribution in [1.82, 2.24) is 14.4 Å². The minimum Gasteiger partial charge on any atom is -0.335 e. The maximum atomic E-state index is 15.2. The molecule has 0 bridgehead atoms. The number of para-hydroxylation sites is 1. The predicted octanol–water partition coefficient (Wildman–Crippen LogP) is 5.77. The average molecular weight is 657 g/mol. The summed E-state index contributed by atoms with van der Waals surface area (Å²) in [6.07, 6.45) is 1.73. The number of halogens is 1. The van der Waals surface area contributed by atoms with E-state index in [1.807, 2.05) is 60.7 Å². The van der Waals surface area contributed by atoms with Crippen molar-refractivity contribution in [1.29, 1.82) is 5.26 Å². The molecule has 1 aromatic heterocycles. The highest BCUT2D eigenvalue weighted by molar-refractivity contribution is 7.07. The second-order valence-electron chi connectivity index (χ2n) is 12.9. The van der Waals surface area contributed by atoms with Gasteiger partial charge in [-0.1, -0.05) is 118 Å². The smallest absolute Gasteiger partial charge is 0.273 e. The molecule has 5 aromatic rings. The van der Waals surface area contributed by atoms with Gasteiger partial charge in [0.05, 0.1) is 16.3 Å². The Bertz CT molecular complexity index is 2100. The Labute approximate surface area is 283 Å². The van der Waals surface area contributed by atoms with E-state index >= 15 is 4.39 Å². The summed E-state index contributed by atoms with van der Waals surface area (Å²) in [4.78, 5) is 32.0. The van der Waals surface area contributed by atoms with Gasteiger partial charge in [-0.15, -0.1) is 11.3 Å². The Morgan fingerprint density at radius 1 is 0.833 bits per heavy atom. The Hall–Kier alpha value is -5.10. The van der Waals surface area contributed by atoms with E-state index < -0.39 is 17.3 Å². The lowest BCUT2D eigenvalue weighted by Crippen LogP contribution is -2.50. The number of carbonyl (C=O) groups is 1. The van der Waals surface area contributed by atoms with Crippen LogP contribution in [0.2, 0.25) is 0 Å². The van der Waals surface area contributed by atoms with Gasteiger partial charge >= 0.3 is 0 Å². The lowest BCUT2D eigenvalue weighted by Gasteiger charge is -2.39. The first kappa shape index (κ1) is 32.8. The van der Waals surface area contributed by atoms with Crippen molar-refractivity contribution >= 4 is 28.9 Å². The average Bonchev–Trinajstić information content (AvgIpc) is 3.41. The third-order valence-electron chi connectivity index (χ3n) is 8.73. The van der Waals surface area contributed by atoms with Crippen molar-refractivity contribution in [3.8, 4) is 11.8 Å². The molecule has 1 saturated heterocycles. The van der Waals surface area contributed by atoms with Gasteiger partial charge in [0.2, 0.25) is 0 Å². The van der Waals surface area contributed by atoms with E-state index in [2.05, 4.69) is 56.0 Å². The summed E-state index contributed by atoms with van der Waals surface area (Å²) < 4.78 is 16.8. The molecule has 2 heterocycles. The number of piperazine rings is 1. The predicted molar refractivity (Wildman–Crippen MR) is 190 cm³/mol. The van der Waals surface area contributed by atoms with E-state index in [0.717, 1.165) is 33.6 Å². The maximum Gasteiger partial charge on any atom is 0.273 e. The lowest BCUT2D eigenvalue weighted by molar-refractivity contribution is -0.126. The van der Waals surface area contributed by atoms with Crippen LogP contribution in [0.15, 0.2) is 114 Å². The van der Waals surface area contributed by atoms with E-state index in [-0.39, 0.29) is 27.4 Å². The molecule has 1 fully saturated rings. The van der Waals surface area contributed by atoms with Gasteiger partial charge in [-0.3, -0.25) is 19.1 Å². The van der Waals surface area contributed by atoms with Gasteiger partial charge in [-0.25, -0.2) is 4.39 Å². The van der Waals surface area contributed by atoms with Gasteiger partial charge < -0.3 is 4.90 Å². The topological polar surface area (TPSA) is 69.3 Å². The number of amides is 1. The Morgan fingerprint density at radius 3 is 1.94 bits per heavy atom. The van der Waals surface area contributed by atoms with Gasteiger partial charge in [-0.2, -0.15) is 5.26 Å². The Kier molecular flexibility index (Phi) is 9.54. The standard InChI is InChI=1S/C40H37FN4O2S/c1-40(2,3)31-20-18-28(19-21-31)26-35-38(47)45(34-17-11-10-16-33(34)41)39(48-35)32(27-42)37(46)44-24-22-43(23-25-44)36(29-12-6-4-7-13-29)30-14-8-5-9-15-30/h4-21,26,36H,22-25H2,1-3H3/b35-26+,39-32+. The molecule has 1 amide bonds. The molecule has 0 aliphatic carbocycles. The summed E-state index contributed by atoms with van der Waals surface area (Å²) in [7, 11) is 0. The van der Waals surface area contributed by atoms with Crippen LogP contribution in [0.1, 0.15) is 49.1 Å². The number of thiazole rings is 1. The zero-order chi connectivity index (χ0) is 33.8. The van der Waals surface area contributed by atoms with Crippen LogP contribution >= 0.6 is 11.3 Å². The first-order valence-electron chi connectivity index (χ1n) is 16.0. The normalized spacial score (nSPS) is 15.0. The molecule has 6 nitrogen and oxygen atoms in total. The summed E-state index contributed by atoms with van der Waals surface area (Å²) in [5.74, 6) is -1.09. The lowest BCUT2D eigenvalue weighted by atomic mass is 9.87. The summed E-state index contributed by atoms with van der Waals surface area (Å²) in [5, 5.41) is 10.4. The number of aromatic nitrogens is 1. The highest BCUT2D eigenvalue weighted by Crippen LogP contribution is 2.29. The number of hydrogen-bond donors (Lipinski definition) is 0. The van der Waals surface area contributed by atoms with Crippen LogP contribution in [-0.2, 0) is 10.2 Å². The van der Waals surface area contributed by atoms with Crippen molar-refractivity contribution in [2.45, 2.75) is 32.2 Å². The van der Waals surface area contributed by atoms with Crippen molar-refractivity contribution in [2.24, 2.45) is 0 Å². The first-order valence-corrected chi connectivity index (χ1v) is 16.8. The molecule has 8 heteroatoms. The molecule has 1 aliphatic heterocycles. The molecule has 0 N–H and O–H groups in total. The number of nitriles is 1. The number of benzene rings is 4. The van der Waals surface area contributed by atoms with Crippen LogP contribution in [-0.4, -0.2) is 46.5 Å². The number of carbonyl (C=O) groups excluding carboxylic acids is 1. The molecule has 4 aromatic carbocycles. The molecule has 0 radical (unpaired) electrons. The Balaban J connectivity index is 1.37. The molecule has 6 rings (SSSR count). The summed E-state index contributed by atoms with van der Waals surface area (Å²) in [6, 6.07) is 36.5. The number of rotatable bonds is 6. The van der Waals surface area contributed by atoms with E-state index in [4.69, 9.17) is 0 Å². The number of hydrogen-bond acceptors (Lipinski definition) is 5. The molecular formula is C40H37FN4O2S. The molecule has 48 heavy (non-hydrogen) atoms. The molecule has 0 spiro atoms. The zero-order valence-electron chi connectivity index (χ0n) is 27.3.